The number of piperidine rings is 1. The Kier molecular flexibility index (Phi) is 9.66. The highest BCUT2D eigenvalue weighted by Crippen LogP contribution is 2.29. The fourth-order valence-corrected chi connectivity index (χ4v) is 3.27. The van der Waals surface area contributed by atoms with E-state index in [1.807, 2.05) is 0 Å². The normalized spacial score (nSPS) is 22.2. The number of hydrogen-bond acceptors (Lipinski definition) is 3. The second kappa shape index (κ2) is 10.6. The summed E-state index contributed by atoms with van der Waals surface area (Å²) in [6, 6.07) is 0. The van der Waals surface area contributed by atoms with Gasteiger partial charge in [-0.1, -0.05) is 19.3 Å². The van der Waals surface area contributed by atoms with Gasteiger partial charge in [0.05, 0.1) is 12.1 Å². The highest BCUT2D eigenvalue weighted by Gasteiger charge is 2.30. The Morgan fingerprint density at radius 3 is 2.41 bits per heavy atom. The van der Waals surface area contributed by atoms with Gasteiger partial charge in [-0.15, -0.1) is 24.0 Å². The minimum atomic E-state index is -0.560. The van der Waals surface area contributed by atoms with Crippen LogP contribution in [0.2, 0.25) is 0 Å². The molecule has 0 aromatic heterocycles. The van der Waals surface area contributed by atoms with Gasteiger partial charge >= 0.3 is 0 Å². The standard InChI is InChI=1S/C16H32N4O.HI/c1-2-17-15(19-14-16(21)8-4-5-9-16)18-10-13-20-11-6-3-7-12-20;/h21H,2-14H2,1H3,(H2,17,18,19);1H. The maximum atomic E-state index is 10.4. The van der Waals surface area contributed by atoms with E-state index >= 15 is 0 Å². The summed E-state index contributed by atoms with van der Waals surface area (Å²) in [5.74, 6) is 0.842. The molecular formula is C16H33IN4O. The van der Waals surface area contributed by atoms with E-state index in [0.717, 1.165) is 51.3 Å². The van der Waals surface area contributed by atoms with Crippen LogP contribution >= 0.6 is 24.0 Å². The molecule has 0 aromatic rings. The monoisotopic (exact) mass is 424 g/mol. The molecule has 130 valence electrons. The fourth-order valence-electron chi connectivity index (χ4n) is 3.27. The molecule has 5 nitrogen and oxygen atoms in total. The average molecular weight is 424 g/mol. The fraction of sp³-hybridized carbons (Fsp3) is 0.938. The Labute approximate surface area is 152 Å². The lowest BCUT2D eigenvalue weighted by atomic mass is 10.0. The van der Waals surface area contributed by atoms with Crippen molar-refractivity contribution in [3.63, 3.8) is 0 Å². The summed E-state index contributed by atoms with van der Waals surface area (Å²) < 4.78 is 0. The van der Waals surface area contributed by atoms with Crippen LogP contribution in [0.25, 0.3) is 0 Å². The first-order chi connectivity index (χ1) is 10.2. The summed E-state index contributed by atoms with van der Waals surface area (Å²) in [5.41, 5.74) is -0.560. The molecule has 22 heavy (non-hydrogen) atoms. The smallest absolute Gasteiger partial charge is 0.191 e. The molecule has 0 bridgehead atoms. The largest absolute Gasteiger partial charge is 0.388 e. The first kappa shape index (κ1) is 20.0. The minimum absolute atomic E-state index is 0. The van der Waals surface area contributed by atoms with Crippen LogP contribution < -0.4 is 10.6 Å². The van der Waals surface area contributed by atoms with Crippen molar-refractivity contribution >= 4 is 29.9 Å². The second-order valence-corrected chi connectivity index (χ2v) is 6.46. The molecule has 0 aromatic carbocycles. The van der Waals surface area contributed by atoms with Crippen LogP contribution in [-0.2, 0) is 0 Å². The summed E-state index contributed by atoms with van der Waals surface area (Å²) in [7, 11) is 0. The van der Waals surface area contributed by atoms with Crippen LogP contribution in [0, 0.1) is 0 Å². The highest BCUT2D eigenvalue weighted by atomic mass is 127. The number of hydrogen-bond donors (Lipinski definition) is 3. The van der Waals surface area contributed by atoms with Crippen molar-refractivity contribution in [2.75, 3.05) is 39.3 Å². The van der Waals surface area contributed by atoms with Crippen LogP contribution in [0.1, 0.15) is 51.9 Å². The van der Waals surface area contributed by atoms with Gasteiger partial charge in [-0.2, -0.15) is 0 Å². The van der Waals surface area contributed by atoms with E-state index in [9.17, 15) is 5.11 Å². The molecule has 0 spiro atoms. The predicted octanol–water partition coefficient (Wildman–Crippen LogP) is 1.95. The number of halogens is 1. The second-order valence-electron chi connectivity index (χ2n) is 6.46. The molecule has 6 heteroatoms. The third-order valence-electron chi connectivity index (χ3n) is 4.58. The Morgan fingerprint density at radius 1 is 1.09 bits per heavy atom. The molecule has 2 aliphatic rings. The molecule has 1 aliphatic heterocycles. The number of aliphatic hydroxyl groups is 1. The number of nitrogens with zero attached hydrogens (tertiary/aromatic N) is 2. The van der Waals surface area contributed by atoms with Gasteiger partial charge in [0, 0.05) is 19.6 Å². The van der Waals surface area contributed by atoms with Crippen molar-refractivity contribution in [1.82, 2.24) is 15.5 Å². The molecule has 2 fully saturated rings. The number of likely N-dealkylation sites (tertiary alicyclic amines) is 1. The van der Waals surface area contributed by atoms with Crippen molar-refractivity contribution in [1.29, 1.82) is 0 Å². The van der Waals surface area contributed by atoms with Gasteiger partial charge in [0.2, 0.25) is 0 Å². The van der Waals surface area contributed by atoms with Crippen molar-refractivity contribution < 1.29 is 5.11 Å². The average Bonchev–Trinajstić information content (AvgIpc) is 2.93. The van der Waals surface area contributed by atoms with E-state index in [1.54, 1.807) is 0 Å². The lowest BCUT2D eigenvalue weighted by Gasteiger charge is -2.26. The van der Waals surface area contributed by atoms with Gasteiger partial charge in [-0.25, -0.2) is 0 Å². The number of rotatable bonds is 6. The minimum Gasteiger partial charge on any atom is -0.388 e. The Hall–Kier alpha value is -0.0800. The summed E-state index contributed by atoms with van der Waals surface area (Å²) in [4.78, 5) is 7.09. The van der Waals surface area contributed by atoms with Crippen LogP contribution in [0.4, 0.5) is 0 Å². The third-order valence-corrected chi connectivity index (χ3v) is 4.58. The zero-order valence-electron chi connectivity index (χ0n) is 13.9. The van der Waals surface area contributed by atoms with Crippen molar-refractivity contribution in [3.05, 3.63) is 0 Å². The SMILES string of the molecule is CCNC(=NCC1(O)CCCC1)NCCN1CCCCC1.I. The van der Waals surface area contributed by atoms with E-state index < -0.39 is 5.60 Å². The Balaban J connectivity index is 0.00000242. The molecular weight excluding hydrogens is 391 g/mol. The van der Waals surface area contributed by atoms with Gasteiger partial charge in [-0.3, -0.25) is 4.99 Å². The number of aliphatic imine (C=N–C) groups is 1. The number of nitrogens with one attached hydrogen (secondary N) is 2. The molecule has 1 heterocycles. The van der Waals surface area contributed by atoms with E-state index in [-0.39, 0.29) is 24.0 Å². The summed E-state index contributed by atoms with van der Waals surface area (Å²) in [6.07, 6.45) is 8.10. The van der Waals surface area contributed by atoms with E-state index in [4.69, 9.17) is 0 Å². The molecule has 1 aliphatic carbocycles. The number of guanidine groups is 1. The zero-order chi connectivity index (χ0) is 15.0. The summed E-state index contributed by atoms with van der Waals surface area (Å²) >= 11 is 0. The zero-order valence-corrected chi connectivity index (χ0v) is 16.3. The van der Waals surface area contributed by atoms with Crippen LogP contribution in [-0.4, -0.2) is 60.8 Å². The Bertz CT molecular complexity index is 326. The van der Waals surface area contributed by atoms with Crippen molar-refractivity contribution in [2.24, 2.45) is 4.99 Å². The van der Waals surface area contributed by atoms with Crippen molar-refractivity contribution in [3.8, 4) is 0 Å². The predicted molar refractivity (Wildman–Crippen MR) is 103 cm³/mol. The van der Waals surface area contributed by atoms with Gasteiger partial charge < -0.3 is 20.6 Å². The highest BCUT2D eigenvalue weighted by molar-refractivity contribution is 14.0. The van der Waals surface area contributed by atoms with E-state index in [2.05, 4.69) is 27.4 Å². The molecule has 1 saturated heterocycles. The van der Waals surface area contributed by atoms with Gasteiger partial charge in [0.15, 0.2) is 5.96 Å². The van der Waals surface area contributed by atoms with Gasteiger partial charge in [-0.05, 0) is 45.7 Å². The van der Waals surface area contributed by atoms with Gasteiger partial charge in [0.1, 0.15) is 0 Å². The first-order valence-electron chi connectivity index (χ1n) is 8.69. The van der Waals surface area contributed by atoms with E-state index in [1.165, 1.54) is 32.4 Å². The maximum absolute atomic E-state index is 10.4. The summed E-state index contributed by atoms with van der Waals surface area (Å²) in [5, 5.41) is 17.0. The maximum Gasteiger partial charge on any atom is 0.191 e. The van der Waals surface area contributed by atoms with Gasteiger partial charge in [0.25, 0.3) is 0 Å². The molecule has 0 atom stereocenters. The van der Waals surface area contributed by atoms with E-state index in [0.29, 0.717) is 6.54 Å². The van der Waals surface area contributed by atoms with Crippen molar-refractivity contribution in [2.45, 2.75) is 57.5 Å². The molecule has 0 radical (unpaired) electrons. The quantitative estimate of drug-likeness (QED) is 0.347. The third kappa shape index (κ3) is 7.00. The van der Waals surface area contributed by atoms with Crippen LogP contribution in [0.15, 0.2) is 4.99 Å². The molecule has 0 unspecified atom stereocenters. The molecule has 1 saturated carbocycles. The summed E-state index contributed by atoms with van der Waals surface area (Å²) in [6.45, 7) is 7.91. The first-order valence-corrected chi connectivity index (χ1v) is 8.69. The molecule has 2 rings (SSSR count). The van der Waals surface area contributed by atoms with Crippen LogP contribution in [0.5, 0.6) is 0 Å². The molecule has 0 amide bonds. The lowest BCUT2D eigenvalue weighted by molar-refractivity contribution is 0.0574. The lowest BCUT2D eigenvalue weighted by Crippen LogP contribution is -2.43. The topological polar surface area (TPSA) is 59.9 Å². The van der Waals surface area contributed by atoms with Crippen LogP contribution in [0.3, 0.4) is 0 Å². The Morgan fingerprint density at radius 2 is 1.77 bits per heavy atom. The molecule has 3 N–H and O–H groups in total.